The topological polar surface area (TPSA) is 35.5 Å². The van der Waals surface area contributed by atoms with Crippen LogP contribution in [0.2, 0.25) is 0 Å². The van der Waals surface area contributed by atoms with E-state index in [1.165, 1.54) is 17.5 Å². The molecule has 4 heteroatoms. The second-order valence-electron chi connectivity index (χ2n) is 6.15. The summed E-state index contributed by atoms with van der Waals surface area (Å²) in [6, 6.07) is 5.80. The average Bonchev–Trinajstić information content (AvgIpc) is 2.75. The molecule has 1 fully saturated rings. The first-order valence-corrected chi connectivity index (χ1v) is 6.89. The van der Waals surface area contributed by atoms with E-state index >= 15 is 0 Å². The number of rotatable bonds is 2. The van der Waals surface area contributed by atoms with E-state index in [2.05, 4.69) is 23.2 Å². The summed E-state index contributed by atoms with van der Waals surface area (Å²) in [6.07, 6.45) is 2.38. The van der Waals surface area contributed by atoms with Crippen LogP contribution in [0.1, 0.15) is 24.5 Å². The van der Waals surface area contributed by atoms with Gasteiger partial charge < -0.3 is 10.4 Å². The number of benzene rings is 1. The second-order valence-corrected chi connectivity index (χ2v) is 6.15. The number of hydrogen-bond donors (Lipinski definition) is 2. The van der Waals surface area contributed by atoms with Crippen molar-refractivity contribution in [3.05, 3.63) is 29.3 Å². The highest BCUT2D eigenvalue weighted by molar-refractivity contribution is 5.85. The van der Waals surface area contributed by atoms with E-state index in [1.54, 1.807) is 6.07 Å². The lowest BCUT2D eigenvalue weighted by molar-refractivity contribution is 0.164. The highest BCUT2D eigenvalue weighted by Crippen LogP contribution is 2.29. The first-order valence-electron chi connectivity index (χ1n) is 6.89. The lowest BCUT2D eigenvalue weighted by Gasteiger charge is -2.35. The lowest BCUT2D eigenvalue weighted by Crippen LogP contribution is -2.40. The molecule has 2 aliphatic heterocycles. The van der Waals surface area contributed by atoms with Crippen molar-refractivity contribution < 1.29 is 5.11 Å². The quantitative estimate of drug-likeness (QED) is 0.873. The summed E-state index contributed by atoms with van der Waals surface area (Å²) in [5.41, 5.74) is 3.13. The molecule has 2 N–H and O–H groups in total. The molecule has 0 spiro atoms. The van der Waals surface area contributed by atoms with Crippen LogP contribution in [0, 0.1) is 5.41 Å². The Morgan fingerprint density at radius 2 is 2.21 bits per heavy atom. The fourth-order valence-electron chi connectivity index (χ4n) is 3.28. The van der Waals surface area contributed by atoms with Gasteiger partial charge in [0.05, 0.1) is 0 Å². The molecule has 1 saturated heterocycles. The molecule has 1 atom stereocenters. The number of phenols is 1. The molecule has 2 aliphatic rings. The normalized spacial score (nSPS) is 26.8. The number of fused-ring (bicyclic) bond motifs is 1. The molecule has 1 aromatic rings. The van der Waals surface area contributed by atoms with Gasteiger partial charge >= 0.3 is 0 Å². The molecular weight excluding hydrogens is 260 g/mol. The highest BCUT2D eigenvalue weighted by atomic mass is 35.5. The van der Waals surface area contributed by atoms with E-state index in [9.17, 15) is 5.11 Å². The first-order chi connectivity index (χ1) is 8.65. The molecule has 0 aromatic heterocycles. The Balaban J connectivity index is 0.00000133. The average molecular weight is 283 g/mol. The van der Waals surface area contributed by atoms with Crippen molar-refractivity contribution in [1.82, 2.24) is 10.2 Å². The maximum Gasteiger partial charge on any atom is 0.115 e. The summed E-state index contributed by atoms with van der Waals surface area (Å²) in [5.74, 6) is 0.393. The van der Waals surface area contributed by atoms with Gasteiger partial charge in [-0.2, -0.15) is 0 Å². The molecule has 0 radical (unpaired) electrons. The standard InChI is InChI=1S/C15H22N2O.ClH/c1-15(5-6-16-10-15)11-17-7-4-12-2-3-14(18)8-13(12)9-17;/h2-3,8,16,18H,4-7,9-11H2,1H3;1H. The summed E-state index contributed by atoms with van der Waals surface area (Å²) in [6.45, 7) is 7.96. The van der Waals surface area contributed by atoms with Crippen molar-refractivity contribution in [3.63, 3.8) is 0 Å². The fourth-order valence-corrected chi connectivity index (χ4v) is 3.28. The SMILES string of the molecule is CC1(CN2CCc3ccc(O)cc3C2)CCNC1.Cl. The van der Waals surface area contributed by atoms with E-state index in [0.717, 1.165) is 39.1 Å². The molecule has 2 heterocycles. The van der Waals surface area contributed by atoms with Crippen LogP contribution >= 0.6 is 12.4 Å². The minimum atomic E-state index is 0. The van der Waals surface area contributed by atoms with E-state index in [4.69, 9.17) is 0 Å². The largest absolute Gasteiger partial charge is 0.508 e. The van der Waals surface area contributed by atoms with Gasteiger partial charge in [0.25, 0.3) is 0 Å². The van der Waals surface area contributed by atoms with Gasteiger partial charge in [0, 0.05) is 26.2 Å². The third-order valence-corrected chi connectivity index (χ3v) is 4.34. The summed E-state index contributed by atoms with van der Waals surface area (Å²) in [7, 11) is 0. The van der Waals surface area contributed by atoms with E-state index in [0.29, 0.717) is 11.2 Å². The number of aromatic hydroxyl groups is 1. The summed E-state index contributed by atoms with van der Waals surface area (Å²) < 4.78 is 0. The Bertz CT molecular complexity index is 444. The second kappa shape index (κ2) is 5.70. The maximum absolute atomic E-state index is 9.58. The Labute approximate surface area is 121 Å². The summed E-state index contributed by atoms with van der Waals surface area (Å²) in [4.78, 5) is 2.54. The number of nitrogens with zero attached hydrogens (tertiary/aromatic N) is 1. The van der Waals surface area contributed by atoms with E-state index in [-0.39, 0.29) is 12.4 Å². The van der Waals surface area contributed by atoms with Crippen LogP contribution in [0.5, 0.6) is 5.75 Å². The smallest absolute Gasteiger partial charge is 0.115 e. The van der Waals surface area contributed by atoms with Crippen molar-refractivity contribution in [2.45, 2.75) is 26.3 Å². The number of phenolic OH excluding ortho intramolecular Hbond substituents is 1. The zero-order chi connectivity index (χ0) is 12.6. The predicted molar refractivity (Wildman–Crippen MR) is 79.9 cm³/mol. The summed E-state index contributed by atoms with van der Waals surface area (Å²) >= 11 is 0. The molecular formula is C15H23ClN2O. The van der Waals surface area contributed by atoms with E-state index < -0.39 is 0 Å². The van der Waals surface area contributed by atoms with Crippen LogP contribution in [0.4, 0.5) is 0 Å². The van der Waals surface area contributed by atoms with Crippen molar-refractivity contribution in [2.75, 3.05) is 26.2 Å². The van der Waals surface area contributed by atoms with Crippen LogP contribution in [-0.4, -0.2) is 36.2 Å². The molecule has 0 aliphatic carbocycles. The van der Waals surface area contributed by atoms with Crippen molar-refractivity contribution in [3.8, 4) is 5.75 Å². The Morgan fingerprint density at radius 3 is 2.95 bits per heavy atom. The van der Waals surface area contributed by atoms with Gasteiger partial charge in [-0.3, -0.25) is 4.90 Å². The lowest BCUT2D eigenvalue weighted by atomic mass is 9.88. The molecule has 3 rings (SSSR count). The minimum absolute atomic E-state index is 0. The molecule has 1 aromatic carbocycles. The molecule has 0 saturated carbocycles. The zero-order valence-corrected chi connectivity index (χ0v) is 12.3. The molecule has 19 heavy (non-hydrogen) atoms. The van der Waals surface area contributed by atoms with Gasteiger partial charge in [-0.1, -0.05) is 13.0 Å². The Kier molecular flexibility index (Phi) is 4.39. The minimum Gasteiger partial charge on any atom is -0.508 e. The third-order valence-electron chi connectivity index (χ3n) is 4.34. The van der Waals surface area contributed by atoms with Crippen LogP contribution in [0.3, 0.4) is 0 Å². The molecule has 3 nitrogen and oxygen atoms in total. The molecule has 0 bridgehead atoms. The Morgan fingerprint density at radius 1 is 1.37 bits per heavy atom. The van der Waals surface area contributed by atoms with Crippen LogP contribution in [0.25, 0.3) is 0 Å². The van der Waals surface area contributed by atoms with Gasteiger partial charge in [-0.15, -0.1) is 12.4 Å². The number of halogens is 1. The predicted octanol–water partition coefficient (Wildman–Crippen LogP) is 2.17. The highest BCUT2D eigenvalue weighted by Gasteiger charge is 2.31. The maximum atomic E-state index is 9.58. The monoisotopic (exact) mass is 282 g/mol. The zero-order valence-electron chi connectivity index (χ0n) is 11.5. The fraction of sp³-hybridized carbons (Fsp3) is 0.600. The van der Waals surface area contributed by atoms with Crippen molar-refractivity contribution in [1.29, 1.82) is 0 Å². The first kappa shape index (κ1) is 14.6. The van der Waals surface area contributed by atoms with Gasteiger partial charge in [0.1, 0.15) is 5.75 Å². The van der Waals surface area contributed by atoms with Crippen molar-refractivity contribution in [2.24, 2.45) is 5.41 Å². The van der Waals surface area contributed by atoms with Crippen molar-refractivity contribution >= 4 is 12.4 Å². The molecule has 1 unspecified atom stereocenters. The van der Waals surface area contributed by atoms with Gasteiger partial charge in [0.2, 0.25) is 0 Å². The summed E-state index contributed by atoms with van der Waals surface area (Å²) in [5, 5.41) is 13.0. The van der Waals surface area contributed by atoms with Gasteiger partial charge in [-0.25, -0.2) is 0 Å². The third kappa shape index (κ3) is 3.22. The van der Waals surface area contributed by atoms with Gasteiger partial charge in [-0.05, 0) is 48.1 Å². The molecule has 0 amide bonds. The van der Waals surface area contributed by atoms with E-state index in [1.807, 2.05) is 6.07 Å². The van der Waals surface area contributed by atoms with Crippen LogP contribution in [0.15, 0.2) is 18.2 Å². The number of nitrogens with one attached hydrogen (secondary N) is 1. The number of hydrogen-bond acceptors (Lipinski definition) is 3. The van der Waals surface area contributed by atoms with Crippen LogP contribution in [-0.2, 0) is 13.0 Å². The Hall–Kier alpha value is -0.770. The van der Waals surface area contributed by atoms with Crippen LogP contribution < -0.4 is 5.32 Å². The molecule has 106 valence electrons. The van der Waals surface area contributed by atoms with Gasteiger partial charge in [0.15, 0.2) is 0 Å².